The van der Waals surface area contributed by atoms with Crippen molar-refractivity contribution in [3.05, 3.63) is 11.1 Å². The maximum absolute atomic E-state index is 5.32. The molecule has 0 saturated carbocycles. The zero-order valence-corrected chi connectivity index (χ0v) is 9.85. The fourth-order valence-electron chi connectivity index (χ4n) is 1.53. The zero-order chi connectivity index (χ0) is 10.5. The van der Waals surface area contributed by atoms with Gasteiger partial charge in [0, 0.05) is 30.7 Å². The number of morpholine rings is 1. The summed E-state index contributed by atoms with van der Waals surface area (Å²) in [5.41, 5.74) is 0. The number of thiazole rings is 1. The number of rotatable bonds is 4. The molecule has 15 heavy (non-hydrogen) atoms. The van der Waals surface area contributed by atoms with E-state index in [2.05, 4.69) is 22.1 Å². The van der Waals surface area contributed by atoms with Crippen molar-refractivity contribution in [3.63, 3.8) is 0 Å². The van der Waals surface area contributed by atoms with Crippen LogP contribution in [0.2, 0.25) is 0 Å². The molecule has 1 saturated heterocycles. The van der Waals surface area contributed by atoms with Crippen molar-refractivity contribution in [1.29, 1.82) is 0 Å². The summed E-state index contributed by atoms with van der Waals surface area (Å²) in [5.74, 6) is 0. The van der Waals surface area contributed by atoms with Gasteiger partial charge in [0.25, 0.3) is 0 Å². The van der Waals surface area contributed by atoms with E-state index in [0.29, 0.717) is 0 Å². The highest BCUT2D eigenvalue weighted by atomic mass is 32.1. The van der Waals surface area contributed by atoms with Gasteiger partial charge in [-0.05, 0) is 6.54 Å². The summed E-state index contributed by atoms with van der Waals surface area (Å²) in [4.78, 5) is 8.04. The van der Waals surface area contributed by atoms with Crippen LogP contribution < -0.4 is 10.2 Å². The third kappa shape index (κ3) is 2.90. The molecule has 1 fully saturated rings. The van der Waals surface area contributed by atoms with Gasteiger partial charge in [0.1, 0.15) is 0 Å². The van der Waals surface area contributed by atoms with Crippen molar-refractivity contribution >= 4 is 16.5 Å². The first-order valence-corrected chi connectivity index (χ1v) is 6.20. The molecule has 2 rings (SSSR count). The molecule has 0 unspecified atom stereocenters. The highest BCUT2D eigenvalue weighted by Crippen LogP contribution is 2.22. The van der Waals surface area contributed by atoms with Crippen LogP contribution >= 0.6 is 11.3 Å². The molecule has 0 aromatic carbocycles. The summed E-state index contributed by atoms with van der Waals surface area (Å²) in [6.07, 6.45) is 1.97. The Morgan fingerprint density at radius 2 is 2.33 bits per heavy atom. The molecule has 0 amide bonds. The minimum absolute atomic E-state index is 0.822. The van der Waals surface area contributed by atoms with Crippen LogP contribution in [0.3, 0.4) is 0 Å². The van der Waals surface area contributed by atoms with Crippen molar-refractivity contribution < 1.29 is 4.74 Å². The minimum Gasteiger partial charge on any atom is -0.378 e. The van der Waals surface area contributed by atoms with Crippen LogP contribution in [-0.4, -0.2) is 37.8 Å². The molecule has 0 aliphatic carbocycles. The molecule has 5 heteroatoms. The van der Waals surface area contributed by atoms with Crippen molar-refractivity contribution in [2.24, 2.45) is 0 Å². The monoisotopic (exact) mass is 227 g/mol. The number of aromatic nitrogens is 1. The molecule has 0 radical (unpaired) electrons. The van der Waals surface area contributed by atoms with Gasteiger partial charge in [-0.15, -0.1) is 11.3 Å². The lowest BCUT2D eigenvalue weighted by Gasteiger charge is -2.25. The Bertz CT molecular complexity index is 297. The van der Waals surface area contributed by atoms with Gasteiger partial charge in [-0.3, -0.25) is 0 Å². The topological polar surface area (TPSA) is 37.4 Å². The lowest BCUT2D eigenvalue weighted by molar-refractivity contribution is 0.122. The second kappa shape index (κ2) is 5.44. The minimum atomic E-state index is 0.822. The smallest absolute Gasteiger partial charge is 0.185 e. The quantitative estimate of drug-likeness (QED) is 0.835. The van der Waals surface area contributed by atoms with Crippen molar-refractivity contribution in [2.45, 2.75) is 13.5 Å². The first kappa shape index (κ1) is 10.9. The second-order valence-corrected chi connectivity index (χ2v) is 4.58. The first-order valence-electron chi connectivity index (χ1n) is 5.38. The summed E-state index contributed by atoms with van der Waals surface area (Å²) in [6.45, 7) is 7.62. The molecule has 0 spiro atoms. The van der Waals surface area contributed by atoms with Gasteiger partial charge in [-0.1, -0.05) is 6.92 Å². The van der Waals surface area contributed by atoms with Gasteiger partial charge < -0.3 is 15.0 Å². The Morgan fingerprint density at radius 1 is 1.53 bits per heavy atom. The Kier molecular flexibility index (Phi) is 3.94. The van der Waals surface area contributed by atoms with Crippen molar-refractivity contribution in [1.82, 2.24) is 10.3 Å². The lowest BCUT2D eigenvalue weighted by Crippen LogP contribution is -2.36. The Balaban J connectivity index is 1.93. The summed E-state index contributed by atoms with van der Waals surface area (Å²) >= 11 is 1.78. The van der Waals surface area contributed by atoms with E-state index in [4.69, 9.17) is 4.74 Å². The van der Waals surface area contributed by atoms with Crippen LogP contribution in [0.15, 0.2) is 6.20 Å². The Morgan fingerprint density at radius 3 is 3.07 bits per heavy atom. The van der Waals surface area contributed by atoms with Crippen LogP contribution in [0.4, 0.5) is 5.13 Å². The molecule has 1 aliphatic rings. The second-order valence-electron chi connectivity index (χ2n) is 3.49. The number of nitrogens with zero attached hydrogens (tertiary/aromatic N) is 2. The highest BCUT2D eigenvalue weighted by Gasteiger charge is 2.14. The van der Waals surface area contributed by atoms with Gasteiger partial charge >= 0.3 is 0 Å². The van der Waals surface area contributed by atoms with E-state index in [0.717, 1.165) is 44.5 Å². The molecule has 0 atom stereocenters. The maximum atomic E-state index is 5.32. The molecule has 0 bridgehead atoms. The summed E-state index contributed by atoms with van der Waals surface area (Å²) in [7, 11) is 0. The number of anilines is 1. The van der Waals surface area contributed by atoms with Gasteiger partial charge in [-0.25, -0.2) is 4.98 Å². The van der Waals surface area contributed by atoms with E-state index in [1.807, 2.05) is 6.20 Å². The fraction of sp³-hybridized carbons (Fsp3) is 0.700. The van der Waals surface area contributed by atoms with Gasteiger partial charge in [-0.2, -0.15) is 0 Å². The van der Waals surface area contributed by atoms with Gasteiger partial charge in [0.05, 0.1) is 13.2 Å². The van der Waals surface area contributed by atoms with Crippen molar-refractivity contribution in [2.75, 3.05) is 37.7 Å². The molecular weight excluding hydrogens is 210 g/mol. The van der Waals surface area contributed by atoms with Crippen LogP contribution in [0, 0.1) is 0 Å². The fourth-order valence-corrected chi connectivity index (χ4v) is 2.46. The van der Waals surface area contributed by atoms with Crippen LogP contribution in [0.5, 0.6) is 0 Å². The number of hydrogen-bond acceptors (Lipinski definition) is 5. The molecule has 1 aromatic rings. The maximum Gasteiger partial charge on any atom is 0.185 e. The van der Waals surface area contributed by atoms with E-state index < -0.39 is 0 Å². The Hall–Kier alpha value is -0.650. The van der Waals surface area contributed by atoms with Gasteiger partial charge in [0.15, 0.2) is 5.13 Å². The van der Waals surface area contributed by atoms with E-state index >= 15 is 0 Å². The SMILES string of the molecule is CCNCc1cnc(N2CCOCC2)s1. The molecule has 1 aromatic heterocycles. The predicted octanol–water partition coefficient (Wildman–Crippen LogP) is 1.09. The molecule has 1 aliphatic heterocycles. The van der Waals surface area contributed by atoms with Crippen molar-refractivity contribution in [3.8, 4) is 0 Å². The van der Waals surface area contributed by atoms with E-state index in [9.17, 15) is 0 Å². The largest absolute Gasteiger partial charge is 0.378 e. The number of hydrogen-bond donors (Lipinski definition) is 1. The summed E-state index contributed by atoms with van der Waals surface area (Å²) < 4.78 is 5.32. The molecule has 84 valence electrons. The molecule has 1 N–H and O–H groups in total. The molecule has 4 nitrogen and oxygen atoms in total. The standard InChI is InChI=1S/C10H17N3OS/c1-2-11-7-9-8-12-10(15-9)13-3-5-14-6-4-13/h8,11H,2-7H2,1H3. The first-order chi connectivity index (χ1) is 7.40. The predicted molar refractivity (Wildman–Crippen MR) is 62.5 cm³/mol. The third-order valence-corrected chi connectivity index (χ3v) is 3.43. The van der Waals surface area contributed by atoms with Gasteiger partial charge in [0.2, 0.25) is 0 Å². The van der Waals surface area contributed by atoms with E-state index in [-0.39, 0.29) is 0 Å². The Labute approximate surface area is 94.3 Å². The van der Waals surface area contributed by atoms with E-state index in [1.54, 1.807) is 11.3 Å². The average molecular weight is 227 g/mol. The van der Waals surface area contributed by atoms with Crippen LogP contribution in [-0.2, 0) is 11.3 Å². The van der Waals surface area contributed by atoms with Crippen LogP contribution in [0.25, 0.3) is 0 Å². The highest BCUT2D eigenvalue weighted by molar-refractivity contribution is 7.15. The number of nitrogens with one attached hydrogen (secondary N) is 1. The summed E-state index contributed by atoms with van der Waals surface area (Å²) in [6, 6.07) is 0. The third-order valence-electron chi connectivity index (χ3n) is 2.37. The normalized spacial score (nSPS) is 17.0. The lowest BCUT2D eigenvalue weighted by atomic mass is 10.5. The van der Waals surface area contributed by atoms with E-state index in [1.165, 1.54) is 4.88 Å². The average Bonchev–Trinajstić information content (AvgIpc) is 2.76. The zero-order valence-electron chi connectivity index (χ0n) is 9.03. The molecule has 2 heterocycles. The summed E-state index contributed by atoms with van der Waals surface area (Å²) in [5, 5.41) is 4.44. The van der Waals surface area contributed by atoms with Crippen LogP contribution in [0.1, 0.15) is 11.8 Å². The molecular formula is C10H17N3OS. The number of ether oxygens (including phenoxy) is 1.